The Balaban J connectivity index is 1.56. The molecule has 0 aromatic heterocycles. The van der Waals surface area contributed by atoms with Crippen LogP contribution in [0.1, 0.15) is 30.7 Å². The molecule has 2 atom stereocenters. The Morgan fingerprint density at radius 2 is 2.00 bits per heavy atom. The number of ether oxygens (including phenoxy) is 2. The minimum atomic E-state index is -4.82. The molecule has 0 saturated carbocycles. The van der Waals surface area contributed by atoms with E-state index < -0.39 is 30.6 Å². The quantitative estimate of drug-likeness (QED) is 0.804. The van der Waals surface area contributed by atoms with E-state index in [-0.39, 0.29) is 24.8 Å². The van der Waals surface area contributed by atoms with Crippen LogP contribution in [0.5, 0.6) is 0 Å². The van der Waals surface area contributed by atoms with Gasteiger partial charge in [0.05, 0.1) is 18.8 Å². The molecule has 1 amide bonds. The van der Waals surface area contributed by atoms with Crippen molar-refractivity contribution in [1.29, 1.82) is 0 Å². The minimum absolute atomic E-state index is 0.0892. The number of alkyl halides is 3. The number of halogens is 4. The number of hydrogen-bond acceptors (Lipinski definition) is 4. The molecule has 0 radical (unpaired) electrons. The molecule has 5 nitrogen and oxygen atoms in total. The molecule has 1 aromatic carbocycles. The van der Waals surface area contributed by atoms with Crippen molar-refractivity contribution in [2.45, 2.75) is 43.1 Å². The van der Waals surface area contributed by atoms with Crippen LogP contribution in [0.4, 0.5) is 22.4 Å². The predicted octanol–water partition coefficient (Wildman–Crippen LogP) is 3.22. The maximum absolute atomic E-state index is 14.0. The molecule has 2 aliphatic rings. The fraction of sp³-hybridized carbons (Fsp3) is 0.611. The standard InChI is InChI=1S/C18H21F4NO4/c19-14-4-2-1-3-13(14)12-9-17(26-11-12)5-7-23(8-6-17)16(25)27-15(10-24)18(20,21)22/h1-4,12,15,24H,5-11H2/t12?,15-/m1/s1. The highest BCUT2D eigenvalue weighted by atomic mass is 19.4. The van der Waals surface area contributed by atoms with Gasteiger partial charge in [0.2, 0.25) is 6.10 Å². The highest BCUT2D eigenvalue weighted by molar-refractivity contribution is 5.68. The van der Waals surface area contributed by atoms with Gasteiger partial charge in [0.15, 0.2) is 0 Å². The van der Waals surface area contributed by atoms with Gasteiger partial charge in [0.1, 0.15) is 5.82 Å². The number of aliphatic hydroxyl groups is 1. The first-order valence-corrected chi connectivity index (χ1v) is 8.76. The zero-order chi connectivity index (χ0) is 19.7. The third-order valence-corrected chi connectivity index (χ3v) is 5.26. The monoisotopic (exact) mass is 391 g/mol. The van der Waals surface area contributed by atoms with Gasteiger partial charge in [-0.1, -0.05) is 18.2 Å². The number of nitrogens with zero attached hydrogens (tertiary/aromatic N) is 1. The number of aliphatic hydroxyl groups excluding tert-OH is 1. The molecule has 9 heteroatoms. The first kappa shape index (κ1) is 19.9. The highest BCUT2D eigenvalue weighted by Gasteiger charge is 2.46. The lowest BCUT2D eigenvalue weighted by atomic mass is 9.83. The Labute approximate surface area is 153 Å². The third kappa shape index (κ3) is 4.35. The number of carbonyl (C=O) groups is 1. The van der Waals surface area contributed by atoms with Crippen molar-refractivity contribution in [2.24, 2.45) is 0 Å². The average molecular weight is 391 g/mol. The second-order valence-corrected chi connectivity index (χ2v) is 7.00. The van der Waals surface area contributed by atoms with Gasteiger partial charge in [-0.15, -0.1) is 0 Å². The zero-order valence-corrected chi connectivity index (χ0v) is 14.5. The van der Waals surface area contributed by atoms with Crippen LogP contribution in [0, 0.1) is 5.82 Å². The zero-order valence-electron chi connectivity index (χ0n) is 14.5. The molecular weight excluding hydrogens is 370 g/mol. The molecule has 2 fully saturated rings. The van der Waals surface area contributed by atoms with Crippen LogP contribution in [0.2, 0.25) is 0 Å². The average Bonchev–Trinajstić information content (AvgIpc) is 3.03. The topological polar surface area (TPSA) is 59.0 Å². The van der Waals surface area contributed by atoms with E-state index in [1.165, 1.54) is 11.0 Å². The van der Waals surface area contributed by atoms with Gasteiger partial charge in [-0.3, -0.25) is 0 Å². The van der Waals surface area contributed by atoms with Crippen molar-refractivity contribution >= 4 is 6.09 Å². The van der Waals surface area contributed by atoms with E-state index in [0.717, 1.165) is 0 Å². The molecule has 27 heavy (non-hydrogen) atoms. The molecule has 150 valence electrons. The van der Waals surface area contributed by atoms with Crippen LogP contribution in [-0.2, 0) is 9.47 Å². The predicted molar refractivity (Wildman–Crippen MR) is 86.7 cm³/mol. The lowest BCUT2D eigenvalue weighted by Gasteiger charge is -2.38. The number of likely N-dealkylation sites (tertiary alicyclic amines) is 1. The highest BCUT2D eigenvalue weighted by Crippen LogP contribution is 2.43. The maximum atomic E-state index is 14.0. The summed E-state index contributed by atoms with van der Waals surface area (Å²) in [7, 11) is 0. The van der Waals surface area contributed by atoms with Crippen LogP contribution in [0.3, 0.4) is 0 Å². The molecule has 2 saturated heterocycles. The number of amides is 1. The van der Waals surface area contributed by atoms with E-state index in [0.29, 0.717) is 31.4 Å². The van der Waals surface area contributed by atoms with E-state index in [1.54, 1.807) is 18.2 Å². The minimum Gasteiger partial charge on any atom is -0.434 e. The Bertz CT molecular complexity index is 674. The second-order valence-electron chi connectivity index (χ2n) is 7.00. The number of rotatable bonds is 3. The van der Waals surface area contributed by atoms with Gasteiger partial charge in [-0.25, -0.2) is 9.18 Å². The summed E-state index contributed by atoms with van der Waals surface area (Å²) in [6, 6.07) is 6.51. The molecule has 1 N–H and O–H groups in total. The Hall–Kier alpha value is -1.87. The number of benzene rings is 1. The summed E-state index contributed by atoms with van der Waals surface area (Å²) >= 11 is 0. The Morgan fingerprint density at radius 1 is 1.33 bits per heavy atom. The van der Waals surface area contributed by atoms with Gasteiger partial charge < -0.3 is 19.5 Å². The van der Waals surface area contributed by atoms with Crippen molar-refractivity contribution in [3.05, 3.63) is 35.6 Å². The van der Waals surface area contributed by atoms with Gasteiger partial charge in [0, 0.05) is 19.0 Å². The van der Waals surface area contributed by atoms with Gasteiger partial charge >= 0.3 is 12.3 Å². The third-order valence-electron chi connectivity index (χ3n) is 5.26. The lowest BCUT2D eigenvalue weighted by Crippen LogP contribution is -2.48. The fourth-order valence-corrected chi connectivity index (χ4v) is 3.70. The van der Waals surface area contributed by atoms with Gasteiger partial charge in [-0.05, 0) is 30.9 Å². The van der Waals surface area contributed by atoms with E-state index in [4.69, 9.17) is 9.84 Å². The molecule has 0 bridgehead atoms. The second kappa shape index (κ2) is 7.63. The smallest absolute Gasteiger partial charge is 0.427 e. The van der Waals surface area contributed by atoms with Crippen LogP contribution >= 0.6 is 0 Å². The SMILES string of the molecule is O=C(O[C@H](CO)C(F)(F)F)N1CCC2(CC1)CC(c1ccccc1F)CO2. The summed E-state index contributed by atoms with van der Waals surface area (Å²) in [5.74, 6) is -0.375. The molecule has 1 unspecified atom stereocenters. The van der Waals surface area contributed by atoms with Crippen molar-refractivity contribution < 1.29 is 36.9 Å². The van der Waals surface area contributed by atoms with E-state index in [1.807, 2.05) is 0 Å². The lowest BCUT2D eigenvalue weighted by molar-refractivity contribution is -0.215. The molecule has 1 aromatic rings. The van der Waals surface area contributed by atoms with Crippen LogP contribution < -0.4 is 0 Å². The van der Waals surface area contributed by atoms with Crippen molar-refractivity contribution in [1.82, 2.24) is 4.90 Å². The summed E-state index contributed by atoms with van der Waals surface area (Å²) in [5, 5.41) is 8.77. The summed E-state index contributed by atoms with van der Waals surface area (Å²) in [6.45, 7) is -0.593. The number of hydrogen-bond donors (Lipinski definition) is 1. The fourth-order valence-electron chi connectivity index (χ4n) is 3.70. The van der Waals surface area contributed by atoms with Gasteiger partial charge in [0.25, 0.3) is 0 Å². The number of piperidine rings is 1. The Morgan fingerprint density at radius 3 is 2.59 bits per heavy atom. The van der Waals surface area contributed by atoms with Crippen LogP contribution in [-0.4, -0.2) is 60.3 Å². The molecule has 3 rings (SSSR count). The molecule has 2 heterocycles. The number of carbonyl (C=O) groups excluding carboxylic acids is 1. The normalized spacial score (nSPS) is 23.4. The molecule has 1 spiro atoms. The first-order valence-electron chi connectivity index (χ1n) is 8.76. The van der Waals surface area contributed by atoms with Crippen molar-refractivity contribution in [3.8, 4) is 0 Å². The van der Waals surface area contributed by atoms with Crippen molar-refractivity contribution in [3.63, 3.8) is 0 Å². The summed E-state index contributed by atoms with van der Waals surface area (Å²) < 4.78 is 62.1. The van der Waals surface area contributed by atoms with E-state index >= 15 is 0 Å². The van der Waals surface area contributed by atoms with Crippen molar-refractivity contribution in [2.75, 3.05) is 26.3 Å². The Kier molecular flexibility index (Phi) is 5.62. The van der Waals surface area contributed by atoms with Crippen LogP contribution in [0.25, 0.3) is 0 Å². The molecule has 2 aliphatic heterocycles. The van der Waals surface area contributed by atoms with E-state index in [2.05, 4.69) is 4.74 Å². The largest absolute Gasteiger partial charge is 0.434 e. The van der Waals surface area contributed by atoms with Crippen LogP contribution in [0.15, 0.2) is 24.3 Å². The summed E-state index contributed by atoms with van der Waals surface area (Å²) in [4.78, 5) is 13.1. The molecular formula is C18H21F4NO4. The summed E-state index contributed by atoms with van der Waals surface area (Å²) in [5.41, 5.74) is 0.0802. The summed E-state index contributed by atoms with van der Waals surface area (Å²) in [6.07, 6.45) is -6.99. The molecule has 0 aliphatic carbocycles. The van der Waals surface area contributed by atoms with Gasteiger partial charge in [-0.2, -0.15) is 13.2 Å². The van der Waals surface area contributed by atoms with E-state index in [9.17, 15) is 22.4 Å². The first-order chi connectivity index (χ1) is 12.7. The maximum Gasteiger partial charge on any atom is 0.427 e.